The molecule has 0 bridgehead atoms. The van der Waals surface area contributed by atoms with E-state index in [1.807, 2.05) is 19.0 Å². The van der Waals surface area contributed by atoms with Crippen molar-refractivity contribution in [1.29, 1.82) is 0 Å². The Balaban J connectivity index is 3.27. The van der Waals surface area contributed by atoms with Gasteiger partial charge in [-0.05, 0) is 37.9 Å². The molecular weight excluding hydrogens is 257 g/mol. The number of benzene rings is 1. The van der Waals surface area contributed by atoms with Crippen LogP contribution in [-0.4, -0.2) is 27.4 Å². The molecule has 1 aromatic carbocycles. The lowest BCUT2D eigenvalue weighted by molar-refractivity contribution is 0.399. The number of hydrogen-bond acceptors (Lipinski definition) is 3. The van der Waals surface area contributed by atoms with E-state index in [0.29, 0.717) is 17.1 Å². The maximum absolute atomic E-state index is 11.3. The summed E-state index contributed by atoms with van der Waals surface area (Å²) in [4.78, 5) is 1.96. The molecule has 0 heterocycles. The molecule has 6 heteroatoms. The summed E-state index contributed by atoms with van der Waals surface area (Å²) < 4.78 is 22.5. The molecule has 1 aromatic rings. The van der Waals surface area contributed by atoms with Gasteiger partial charge in [-0.1, -0.05) is 11.6 Å². The molecule has 0 fully saturated rings. The summed E-state index contributed by atoms with van der Waals surface area (Å²) in [5, 5.41) is 0.496. The zero-order chi connectivity index (χ0) is 11.6. The monoisotopic (exact) mass is 267 g/mol. The van der Waals surface area contributed by atoms with Gasteiger partial charge in [0.05, 0.1) is 4.90 Å². The third-order valence-corrected chi connectivity index (χ3v) is 3.43. The van der Waals surface area contributed by atoms with Gasteiger partial charge in [-0.2, -0.15) is 0 Å². The van der Waals surface area contributed by atoms with Gasteiger partial charge in [0.2, 0.25) is 0 Å². The Kier molecular flexibility index (Phi) is 4.00. The molecule has 0 saturated carbocycles. The summed E-state index contributed by atoms with van der Waals surface area (Å²) >= 11 is 5.79. The average molecular weight is 268 g/mol. The molecule has 0 N–H and O–H groups in total. The second-order valence-corrected chi connectivity index (χ2v) is 6.40. The van der Waals surface area contributed by atoms with Crippen molar-refractivity contribution in [3.8, 4) is 0 Å². The van der Waals surface area contributed by atoms with Crippen LogP contribution in [0.2, 0.25) is 5.02 Å². The number of rotatable bonds is 3. The van der Waals surface area contributed by atoms with E-state index in [4.69, 9.17) is 22.3 Å². The van der Waals surface area contributed by atoms with Crippen molar-refractivity contribution >= 4 is 31.3 Å². The lowest BCUT2D eigenvalue weighted by Gasteiger charge is -2.12. The number of nitrogens with zero attached hydrogens (tertiary/aromatic N) is 1. The van der Waals surface area contributed by atoms with Crippen molar-refractivity contribution < 1.29 is 8.42 Å². The molecule has 0 aliphatic rings. The zero-order valence-corrected chi connectivity index (χ0v) is 10.7. The third-order valence-electron chi connectivity index (χ3n) is 1.77. The molecule has 84 valence electrons. The van der Waals surface area contributed by atoms with E-state index in [2.05, 4.69) is 0 Å². The predicted octanol–water partition coefficient (Wildman–Crippen LogP) is 2.33. The fraction of sp³-hybridized carbons (Fsp3) is 0.333. The van der Waals surface area contributed by atoms with Gasteiger partial charge in [-0.25, -0.2) is 8.42 Å². The Labute approximate surface area is 99.0 Å². The fourth-order valence-electron chi connectivity index (χ4n) is 1.25. The minimum absolute atomic E-state index is 0.113. The third kappa shape index (κ3) is 3.65. The smallest absolute Gasteiger partial charge is 0.261 e. The summed E-state index contributed by atoms with van der Waals surface area (Å²) in [6, 6.07) is 4.54. The van der Waals surface area contributed by atoms with E-state index in [1.165, 1.54) is 12.1 Å². The first-order valence-corrected chi connectivity index (χ1v) is 6.87. The maximum atomic E-state index is 11.3. The van der Waals surface area contributed by atoms with Crippen molar-refractivity contribution in [2.75, 3.05) is 14.1 Å². The first-order chi connectivity index (χ1) is 6.80. The molecule has 0 saturated heterocycles. The SMILES string of the molecule is CN(C)Cc1cc(Cl)ccc1S(=O)(=O)Cl. The van der Waals surface area contributed by atoms with Gasteiger partial charge < -0.3 is 4.90 Å². The van der Waals surface area contributed by atoms with Crippen LogP contribution < -0.4 is 0 Å². The van der Waals surface area contributed by atoms with Gasteiger partial charge in [0.25, 0.3) is 9.05 Å². The first kappa shape index (κ1) is 12.8. The second-order valence-electron chi connectivity index (χ2n) is 3.43. The average Bonchev–Trinajstić information content (AvgIpc) is 1.99. The van der Waals surface area contributed by atoms with Crippen LogP contribution in [0.1, 0.15) is 5.56 Å². The summed E-state index contributed by atoms with van der Waals surface area (Å²) in [7, 11) is 5.28. The van der Waals surface area contributed by atoms with Gasteiger partial charge >= 0.3 is 0 Å². The van der Waals surface area contributed by atoms with Crippen molar-refractivity contribution in [1.82, 2.24) is 4.90 Å². The van der Waals surface area contributed by atoms with Crippen LogP contribution in [-0.2, 0) is 15.6 Å². The maximum Gasteiger partial charge on any atom is 0.261 e. The van der Waals surface area contributed by atoms with E-state index < -0.39 is 9.05 Å². The molecule has 3 nitrogen and oxygen atoms in total. The van der Waals surface area contributed by atoms with Crippen LogP contribution in [0, 0.1) is 0 Å². The quantitative estimate of drug-likeness (QED) is 0.789. The van der Waals surface area contributed by atoms with Crippen molar-refractivity contribution in [2.45, 2.75) is 11.4 Å². The van der Waals surface area contributed by atoms with Crippen molar-refractivity contribution in [3.63, 3.8) is 0 Å². The van der Waals surface area contributed by atoms with Crippen LogP contribution in [0.15, 0.2) is 23.1 Å². The summed E-state index contributed by atoms with van der Waals surface area (Å²) in [6.07, 6.45) is 0. The molecule has 0 atom stereocenters. The summed E-state index contributed by atoms with van der Waals surface area (Å²) in [6.45, 7) is 0.474. The highest BCUT2D eigenvalue weighted by atomic mass is 35.7. The number of hydrogen-bond donors (Lipinski definition) is 0. The molecular formula is C9H11Cl2NO2S. The van der Waals surface area contributed by atoms with E-state index >= 15 is 0 Å². The summed E-state index contributed by atoms with van der Waals surface area (Å²) in [5.74, 6) is 0. The van der Waals surface area contributed by atoms with Gasteiger partial charge in [0, 0.05) is 22.2 Å². The highest BCUT2D eigenvalue weighted by molar-refractivity contribution is 8.13. The van der Waals surface area contributed by atoms with E-state index in [1.54, 1.807) is 6.07 Å². The molecule has 0 aliphatic heterocycles. The predicted molar refractivity (Wildman–Crippen MR) is 61.9 cm³/mol. The highest BCUT2D eigenvalue weighted by Gasteiger charge is 2.16. The molecule has 1 rings (SSSR count). The lowest BCUT2D eigenvalue weighted by Crippen LogP contribution is -2.13. The van der Waals surface area contributed by atoms with Crippen molar-refractivity contribution in [3.05, 3.63) is 28.8 Å². The number of halogens is 2. The summed E-state index contributed by atoms with van der Waals surface area (Å²) in [5.41, 5.74) is 0.600. The second kappa shape index (κ2) is 4.70. The Bertz CT molecular complexity index is 457. The standard InChI is InChI=1S/C9H11Cl2NO2S/c1-12(2)6-7-5-8(10)3-4-9(7)15(11,13)14/h3-5H,6H2,1-2H3. The van der Waals surface area contributed by atoms with Gasteiger partial charge in [-0.15, -0.1) is 0 Å². The Hall–Kier alpha value is -0.290. The van der Waals surface area contributed by atoms with Gasteiger partial charge in [0.1, 0.15) is 0 Å². The van der Waals surface area contributed by atoms with E-state index in [0.717, 1.165) is 0 Å². The van der Waals surface area contributed by atoms with Gasteiger partial charge in [0.15, 0.2) is 0 Å². The lowest BCUT2D eigenvalue weighted by atomic mass is 10.2. The Morgan fingerprint density at radius 2 is 1.93 bits per heavy atom. The van der Waals surface area contributed by atoms with Crippen LogP contribution >= 0.6 is 22.3 Å². The van der Waals surface area contributed by atoms with Crippen LogP contribution in [0.4, 0.5) is 0 Å². The first-order valence-electron chi connectivity index (χ1n) is 4.18. The van der Waals surface area contributed by atoms with Gasteiger partial charge in [-0.3, -0.25) is 0 Å². The fourth-order valence-corrected chi connectivity index (χ4v) is 2.56. The highest BCUT2D eigenvalue weighted by Crippen LogP contribution is 2.24. The largest absolute Gasteiger partial charge is 0.305 e. The molecule has 0 aliphatic carbocycles. The van der Waals surface area contributed by atoms with Crippen LogP contribution in [0.5, 0.6) is 0 Å². The van der Waals surface area contributed by atoms with Crippen LogP contribution in [0.25, 0.3) is 0 Å². The Morgan fingerprint density at radius 1 is 1.33 bits per heavy atom. The normalized spacial score (nSPS) is 12.1. The topological polar surface area (TPSA) is 37.4 Å². The van der Waals surface area contributed by atoms with E-state index in [9.17, 15) is 8.42 Å². The minimum atomic E-state index is -3.71. The minimum Gasteiger partial charge on any atom is -0.305 e. The zero-order valence-electron chi connectivity index (χ0n) is 8.37. The molecule has 0 unspecified atom stereocenters. The molecule has 0 radical (unpaired) electrons. The van der Waals surface area contributed by atoms with E-state index in [-0.39, 0.29) is 4.90 Å². The van der Waals surface area contributed by atoms with Crippen LogP contribution in [0.3, 0.4) is 0 Å². The van der Waals surface area contributed by atoms with Crippen molar-refractivity contribution in [2.24, 2.45) is 0 Å². The molecule has 0 amide bonds. The molecule has 15 heavy (non-hydrogen) atoms. The molecule has 0 aromatic heterocycles. The molecule has 0 spiro atoms. The Morgan fingerprint density at radius 3 is 2.40 bits per heavy atom.